The van der Waals surface area contributed by atoms with Gasteiger partial charge in [-0.3, -0.25) is 14.7 Å². The van der Waals surface area contributed by atoms with Gasteiger partial charge in [-0.1, -0.05) is 59.6 Å². The number of pyridine rings is 2. The summed E-state index contributed by atoms with van der Waals surface area (Å²) in [5.74, 6) is 1.04. The summed E-state index contributed by atoms with van der Waals surface area (Å²) in [6.07, 6.45) is 2.40. The van der Waals surface area contributed by atoms with E-state index in [9.17, 15) is 4.79 Å². The number of aromatic nitrogens is 2. The van der Waals surface area contributed by atoms with Crippen LogP contribution < -0.4 is 14.8 Å². The zero-order valence-corrected chi connectivity index (χ0v) is 27.7. The van der Waals surface area contributed by atoms with Crippen LogP contribution in [0.2, 0.25) is 10.0 Å². The highest BCUT2D eigenvalue weighted by molar-refractivity contribution is 6.39. The largest absolute Gasteiger partial charge is 0.496 e. The molecule has 1 aliphatic heterocycles. The van der Waals surface area contributed by atoms with Crippen LogP contribution in [0.1, 0.15) is 31.4 Å². The second-order valence-electron chi connectivity index (χ2n) is 11.3. The average molecular weight is 650 g/mol. The van der Waals surface area contributed by atoms with E-state index in [-0.39, 0.29) is 18.0 Å². The first kappa shape index (κ1) is 32.7. The smallest absolute Gasteiger partial charge is 0.310 e. The lowest BCUT2D eigenvalue weighted by Gasteiger charge is -2.19. The lowest BCUT2D eigenvalue weighted by Crippen LogP contribution is -2.25. The monoisotopic (exact) mass is 648 g/mol. The molecule has 0 saturated carbocycles. The van der Waals surface area contributed by atoms with Gasteiger partial charge in [-0.05, 0) is 52.1 Å². The quantitative estimate of drug-likeness (QED) is 0.170. The molecule has 1 aliphatic rings. The van der Waals surface area contributed by atoms with Gasteiger partial charge >= 0.3 is 5.97 Å². The number of benzene rings is 2. The Morgan fingerprint density at radius 2 is 1.76 bits per heavy atom. The van der Waals surface area contributed by atoms with Crippen molar-refractivity contribution in [3.05, 3.63) is 82.0 Å². The average Bonchev–Trinajstić information content (AvgIpc) is 3.51. The number of rotatable bonds is 11. The molecular weight excluding hydrogens is 611 g/mol. The first-order valence-corrected chi connectivity index (χ1v) is 15.7. The summed E-state index contributed by atoms with van der Waals surface area (Å²) in [6, 6.07) is 17.6. The summed E-state index contributed by atoms with van der Waals surface area (Å²) < 4.78 is 16.8. The Kier molecular flexibility index (Phi) is 10.6. The summed E-state index contributed by atoms with van der Waals surface area (Å²) >= 11 is 14.1. The third kappa shape index (κ3) is 7.25. The number of halogens is 2. The van der Waals surface area contributed by atoms with E-state index >= 15 is 0 Å². The number of ether oxygens (including phenoxy) is 3. The minimum Gasteiger partial charge on any atom is -0.496 e. The summed E-state index contributed by atoms with van der Waals surface area (Å²) in [5, 5.41) is 4.14. The number of esters is 1. The number of carbonyl (C=O) groups excluding carboxylic acids is 1. The van der Waals surface area contributed by atoms with Crippen LogP contribution in [0.5, 0.6) is 11.6 Å². The Hall–Kier alpha value is -3.69. The van der Waals surface area contributed by atoms with Gasteiger partial charge < -0.3 is 19.5 Å². The van der Waals surface area contributed by atoms with Gasteiger partial charge in [-0.2, -0.15) is 0 Å². The molecule has 0 unspecified atom stereocenters. The van der Waals surface area contributed by atoms with Crippen molar-refractivity contribution in [1.29, 1.82) is 0 Å². The van der Waals surface area contributed by atoms with Crippen LogP contribution in [0.4, 0.5) is 0 Å². The summed E-state index contributed by atoms with van der Waals surface area (Å²) in [4.78, 5) is 24.0. The standard InChI is InChI=1S/C35H38Cl2N4O4/c1-21(2)45-35(42)25-14-16-41(20-25)19-24-10-9-22(17-30(24)43-4)33-32(37)27(13-15-39-33)26-7-6-8-28(31(26)36)29-12-11-23(18-38-3)34(40-29)44-5/h6-13,15,17,21,25,38H,14,16,18-20H2,1-5H3/t25-/m0/s1. The fourth-order valence-electron chi connectivity index (χ4n) is 5.67. The molecule has 10 heteroatoms. The van der Waals surface area contributed by atoms with Crippen LogP contribution >= 0.6 is 23.2 Å². The van der Waals surface area contributed by atoms with Crippen molar-refractivity contribution in [1.82, 2.24) is 20.2 Å². The molecule has 0 spiro atoms. The number of likely N-dealkylation sites (tertiary alicyclic amines) is 1. The maximum absolute atomic E-state index is 12.4. The molecule has 3 heterocycles. The molecule has 1 fully saturated rings. The molecular formula is C35H38Cl2N4O4. The van der Waals surface area contributed by atoms with E-state index < -0.39 is 0 Å². The highest BCUT2D eigenvalue weighted by atomic mass is 35.5. The van der Waals surface area contributed by atoms with Crippen LogP contribution in [0.3, 0.4) is 0 Å². The summed E-state index contributed by atoms with van der Waals surface area (Å²) in [6.45, 7) is 6.53. The second kappa shape index (κ2) is 14.6. The Bertz CT molecular complexity index is 1680. The maximum Gasteiger partial charge on any atom is 0.310 e. The van der Waals surface area contributed by atoms with Gasteiger partial charge in [0.25, 0.3) is 0 Å². The SMILES string of the molecule is CNCc1ccc(-c2cccc(-c3ccnc(-c4ccc(CN5CC[C@H](C(=O)OC(C)C)C5)c(OC)c4)c3Cl)c2Cl)nc1OC. The first-order chi connectivity index (χ1) is 21.7. The zero-order valence-electron chi connectivity index (χ0n) is 26.2. The van der Waals surface area contributed by atoms with E-state index in [2.05, 4.69) is 15.2 Å². The predicted octanol–water partition coefficient (Wildman–Crippen LogP) is 7.29. The van der Waals surface area contributed by atoms with E-state index in [1.807, 2.05) is 75.5 Å². The molecule has 5 rings (SSSR count). The third-order valence-electron chi connectivity index (χ3n) is 7.87. The highest BCUT2D eigenvalue weighted by Gasteiger charge is 2.30. The van der Waals surface area contributed by atoms with Gasteiger partial charge in [0.2, 0.25) is 5.88 Å². The Labute approximate surface area is 274 Å². The molecule has 4 aromatic rings. The second-order valence-corrected chi connectivity index (χ2v) is 12.1. The lowest BCUT2D eigenvalue weighted by molar-refractivity contribution is -0.151. The molecule has 45 heavy (non-hydrogen) atoms. The maximum atomic E-state index is 12.4. The Morgan fingerprint density at radius 3 is 2.49 bits per heavy atom. The number of methoxy groups -OCH3 is 2. The van der Waals surface area contributed by atoms with E-state index in [4.69, 9.17) is 42.4 Å². The van der Waals surface area contributed by atoms with E-state index in [1.165, 1.54) is 0 Å². The van der Waals surface area contributed by atoms with Crippen molar-refractivity contribution < 1.29 is 19.0 Å². The van der Waals surface area contributed by atoms with Gasteiger partial charge in [-0.25, -0.2) is 4.98 Å². The van der Waals surface area contributed by atoms with Gasteiger partial charge in [0.05, 0.1) is 47.7 Å². The molecule has 0 amide bonds. The van der Waals surface area contributed by atoms with Crippen LogP contribution in [-0.4, -0.2) is 61.3 Å². The molecule has 2 aromatic carbocycles. The summed E-state index contributed by atoms with van der Waals surface area (Å²) in [5.41, 5.74) is 6.41. The van der Waals surface area contributed by atoms with E-state index in [0.717, 1.165) is 52.1 Å². The molecule has 236 valence electrons. The van der Waals surface area contributed by atoms with Crippen molar-refractivity contribution in [3.63, 3.8) is 0 Å². The fourth-order valence-corrected chi connectivity index (χ4v) is 6.32. The molecule has 8 nitrogen and oxygen atoms in total. The molecule has 1 N–H and O–H groups in total. The molecule has 0 aliphatic carbocycles. The fraction of sp³-hybridized carbons (Fsp3) is 0.343. The van der Waals surface area contributed by atoms with Crippen molar-refractivity contribution >= 4 is 29.2 Å². The van der Waals surface area contributed by atoms with Crippen LogP contribution in [0, 0.1) is 5.92 Å². The van der Waals surface area contributed by atoms with Crippen LogP contribution in [0.15, 0.2) is 60.8 Å². The number of carbonyl (C=O) groups is 1. The number of hydrogen-bond acceptors (Lipinski definition) is 8. The lowest BCUT2D eigenvalue weighted by atomic mass is 9.99. The van der Waals surface area contributed by atoms with Crippen LogP contribution in [0.25, 0.3) is 33.6 Å². The van der Waals surface area contributed by atoms with Crippen molar-refractivity contribution in [2.24, 2.45) is 5.92 Å². The van der Waals surface area contributed by atoms with Crippen molar-refractivity contribution in [3.8, 4) is 45.3 Å². The van der Waals surface area contributed by atoms with Gasteiger partial charge in [0.1, 0.15) is 5.75 Å². The van der Waals surface area contributed by atoms with E-state index in [0.29, 0.717) is 46.9 Å². The van der Waals surface area contributed by atoms with Crippen LogP contribution in [-0.2, 0) is 22.6 Å². The topological polar surface area (TPSA) is 85.8 Å². The molecule has 1 saturated heterocycles. The van der Waals surface area contributed by atoms with E-state index in [1.54, 1.807) is 20.4 Å². The number of hydrogen-bond donors (Lipinski definition) is 1. The van der Waals surface area contributed by atoms with Gasteiger partial charge in [-0.15, -0.1) is 0 Å². The molecule has 1 atom stereocenters. The normalized spacial score (nSPS) is 15.0. The highest BCUT2D eigenvalue weighted by Crippen LogP contribution is 2.42. The minimum atomic E-state index is -0.125. The zero-order chi connectivity index (χ0) is 32.1. The minimum absolute atomic E-state index is 0.107. The molecule has 0 radical (unpaired) electrons. The van der Waals surface area contributed by atoms with Gasteiger partial charge in [0, 0.05) is 59.2 Å². The number of nitrogens with zero attached hydrogens (tertiary/aromatic N) is 3. The Balaban J connectivity index is 1.41. The third-order valence-corrected chi connectivity index (χ3v) is 8.66. The number of nitrogens with one attached hydrogen (secondary N) is 1. The van der Waals surface area contributed by atoms with Gasteiger partial charge in [0.15, 0.2) is 0 Å². The van der Waals surface area contributed by atoms with Crippen molar-refractivity contribution in [2.75, 3.05) is 34.4 Å². The molecule has 2 aromatic heterocycles. The first-order valence-electron chi connectivity index (χ1n) is 15.0. The Morgan fingerprint density at radius 1 is 1.00 bits per heavy atom. The summed E-state index contributed by atoms with van der Waals surface area (Å²) in [7, 11) is 5.14. The van der Waals surface area contributed by atoms with Crippen molar-refractivity contribution in [2.45, 2.75) is 39.5 Å². The molecule has 0 bridgehead atoms. The predicted molar refractivity (Wildman–Crippen MR) is 179 cm³/mol.